The molecule has 5 heteroatoms. The van der Waals surface area contributed by atoms with Crippen molar-refractivity contribution in [3.63, 3.8) is 0 Å². The van der Waals surface area contributed by atoms with Gasteiger partial charge in [0.15, 0.2) is 0 Å². The molecule has 4 atom stereocenters. The Bertz CT molecular complexity index is 399. The third kappa shape index (κ3) is 4.14. The number of ether oxygens (including phenoxy) is 1. The third-order valence-corrected chi connectivity index (χ3v) is 5.35. The number of hydrogen-bond acceptors (Lipinski definition) is 3. The van der Waals surface area contributed by atoms with Crippen LogP contribution in [-0.4, -0.2) is 42.6 Å². The SMILES string of the molecule is CCOC(=O)N1CCCC(C(=O)NC2CCCC(C)C2C)C1. The van der Waals surface area contributed by atoms with E-state index in [2.05, 4.69) is 19.2 Å². The summed E-state index contributed by atoms with van der Waals surface area (Å²) in [6.07, 6.45) is 4.96. The highest BCUT2D eigenvalue weighted by atomic mass is 16.6. The van der Waals surface area contributed by atoms with Crippen LogP contribution in [-0.2, 0) is 9.53 Å². The van der Waals surface area contributed by atoms with Crippen molar-refractivity contribution >= 4 is 12.0 Å². The maximum atomic E-state index is 12.6. The number of amides is 2. The van der Waals surface area contributed by atoms with Crippen molar-refractivity contribution in [3.8, 4) is 0 Å². The highest BCUT2D eigenvalue weighted by Gasteiger charge is 2.33. The Morgan fingerprint density at radius 1 is 1.18 bits per heavy atom. The van der Waals surface area contributed by atoms with Gasteiger partial charge in [-0.05, 0) is 38.0 Å². The van der Waals surface area contributed by atoms with E-state index < -0.39 is 0 Å². The Hall–Kier alpha value is -1.26. The average molecular weight is 310 g/mol. The van der Waals surface area contributed by atoms with Crippen LogP contribution < -0.4 is 5.32 Å². The fourth-order valence-corrected chi connectivity index (χ4v) is 3.66. The van der Waals surface area contributed by atoms with E-state index in [9.17, 15) is 9.59 Å². The standard InChI is InChI=1S/C17H30N2O3/c1-4-22-17(21)19-10-6-8-14(11-19)16(20)18-15-9-5-7-12(2)13(15)3/h12-15H,4-11H2,1-3H3,(H,18,20). The second kappa shape index (κ2) is 7.84. The maximum Gasteiger partial charge on any atom is 0.409 e. The van der Waals surface area contributed by atoms with Crippen molar-refractivity contribution in [2.24, 2.45) is 17.8 Å². The second-order valence-corrected chi connectivity index (χ2v) is 6.87. The zero-order chi connectivity index (χ0) is 16.1. The van der Waals surface area contributed by atoms with Crippen molar-refractivity contribution in [1.29, 1.82) is 0 Å². The smallest absolute Gasteiger partial charge is 0.409 e. The summed E-state index contributed by atoms with van der Waals surface area (Å²) < 4.78 is 5.05. The molecular weight excluding hydrogens is 280 g/mol. The minimum absolute atomic E-state index is 0.0948. The zero-order valence-electron chi connectivity index (χ0n) is 14.1. The summed E-state index contributed by atoms with van der Waals surface area (Å²) in [4.78, 5) is 26.0. The number of likely N-dealkylation sites (tertiary alicyclic amines) is 1. The number of rotatable bonds is 3. The number of nitrogens with zero attached hydrogens (tertiary/aromatic N) is 1. The van der Waals surface area contributed by atoms with Gasteiger partial charge in [-0.1, -0.05) is 26.7 Å². The first-order valence-electron chi connectivity index (χ1n) is 8.75. The second-order valence-electron chi connectivity index (χ2n) is 6.87. The van der Waals surface area contributed by atoms with Crippen LogP contribution in [0.1, 0.15) is 52.9 Å². The van der Waals surface area contributed by atoms with Gasteiger partial charge in [0.25, 0.3) is 0 Å². The Kier molecular flexibility index (Phi) is 6.09. The molecule has 1 aliphatic heterocycles. The van der Waals surface area contributed by atoms with Crippen molar-refractivity contribution in [3.05, 3.63) is 0 Å². The van der Waals surface area contributed by atoms with Crippen LogP contribution in [0.4, 0.5) is 4.79 Å². The molecule has 2 fully saturated rings. The molecule has 1 saturated carbocycles. The summed E-state index contributed by atoms with van der Waals surface area (Å²) >= 11 is 0. The van der Waals surface area contributed by atoms with Crippen molar-refractivity contribution in [1.82, 2.24) is 10.2 Å². The first-order chi connectivity index (χ1) is 10.5. The van der Waals surface area contributed by atoms with Gasteiger partial charge in [0, 0.05) is 19.1 Å². The lowest BCUT2D eigenvalue weighted by Crippen LogP contribution is -2.50. The van der Waals surface area contributed by atoms with Gasteiger partial charge in [0.05, 0.1) is 12.5 Å². The lowest BCUT2D eigenvalue weighted by molar-refractivity contribution is -0.127. The van der Waals surface area contributed by atoms with Crippen molar-refractivity contribution < 1.29 is 14.3 Å². The summed E-state index contributed by atoms with van der Waals surface area (Å²) in [5, 5.41) is 3.24. The molecule has 22 heavy (non-hydrogen) atoms. The largest absolute Gasteiger partial charge is 0.450 e. The summed E-state index contributed by atoms with van der Waals surface area (Å²) in [7, 11) is 0. The molecular formula is C17H30N2O3. The number of nitrogens with one attached hydrogen (secondary N) is 1. The van der Waals surface area contributed by atoms with Gasteiger partial charge in [0.1, 0.15) is 0 Å². The van der Waals surface area contributed by atoms with E-state index >= 15 is 0 Å². The number of carbonyl (C=O) groups is 2. The molecule has 0 bridgehead atoms. The van der Waals surface area contributed by atoms with E-state index in [0.29, 0.717) is 31.5 Å². The molecule has 0 spiro atoms. The van der Waals surface area contributed by atoms with Gasteiger partial charge in [-0.3, -0.25) is 4.79 Å². The van der Waals surface area contributed by atoms with E-state index in [-0.39, 0.29) is 24.0 Å². The third-order valence-electron chi connectivity index (χ3n) is 5.35. The van der Waals surface area contributed by atoms with Crippen LogP contribution in [0.25, 0.3) is 0 Å². The topological polar surface area (TPSA) is 58.6 Å². The van der Waals surface area contributed by atoms with Crippen LogP contribution in [0.5, 0.6) is 0 Å². The van der Waals surface area contributed by atoms with Crippen molar-refractivity contribution in [2.75, 3.05) is 19.7 Å². The summed E-state index contributed by atoms with van der Waals surface area (Å²) in [6.45, 7) is 7.87. The Morgan fingerprint density at radius 2 is 1.95 bits per heavy atom. The van der Waals surface area contributed by atoms with Gasteiger partial charge >= 0.3 is 6.09 Å². The van der Waals surface area contributed by atoms with E-state index in [1.165, 1.54) is 12.8 Å². The molecule has 0 aromatic rings. The highest BCUT2D eigenvalue weighted by Crippen LogP contribution is 2.30. The first-order valence-corrected chi connectivity index (χ1v) is 8.75. The minimum Gasteiger partial charge on any atom is -0.450 e. The predicted octanol–water partition coefficient (Wildman–Crippen LogP) is 2.80. The number of carbonyl (C=O) groups excluding carboxylic acids is 2. The van der Waals surface area contributed by atoms with Gasteiger partial charge < -0.3 is 15.0 Å². The zero-order valence-corrected chi connectivity index (χ0v) is 14.1. The van der Waals surface area contributed by atoms with Gasteiger partial charge in [-0.15, -0.1) is 0 Å². The van der Waals surface area contributed by atoms with Crippen LogP contribution in [0.3, 0.4) is 0 Å². The normalized spacial score (nSPS) is 32.4. The van der Waals surface area contributed by atoms with Gasteiger partial charge in [0.2, 0.25) is 5.91 Å². The number of piperidine rings is 1. The fourth-order valence-electron chi connectivity index (χ4n) is 3.66. The van der Waals surface area contributed by atoms with Crippen molar-refractivity contribution in [2.45, 2.75) is 58.9 Å². The van der Waals surface area contributed by atoms with E-state index in [0.717, 1.165) is 19.3 Å². The number of hydrogen-bond donors (Lipinski definition) is 1. The molecule has 1 saturated heterocycles. The maximum absolute atomic E-state index is 12.6. The van der Waals surface area contributed by atoms with Crippen LogP contribution >= 0.6 is 0 Å². The first kappa shape index (κ1) is 17.1. The molecule has 1 heterocycles. The monoisotopic (exact) mass is 310 g/mol. The molecule has 2 amide bonds. The predicted molar refractivity (Wildman–Crippen MR) is 85.4 cm³/mol. The molecule has 0 radical (unpaired) electrons. The minimum atomic E-state index is -0.292. The molecule has 0 aromatic heterocycles. The molecule has 5 nitrogen and oxygen atoms in total. The van der Waals surface area contributed by atoms with E-state index in [1.54, 1.807) is 11.8 Å². The Morgan fingerprint density at radius 3 is 2.68 bits per heavy atom. The van der Waals surface area contributed by atoms with Gasteiger partial charge in [-0.25, -0.2) is 4.79 Å². The Balaban J connectivity index is 1.87. The summed E-state index contributed by atoms with van der Waals surface area (Å²) in [5.74, 6) is 1.21. The summed E-state index contributed by atoms with van der Waals surface area (Å²) in [6, 6.07) is 0.286. The van der Waals surface area contributed by atoms with Gasteiger partial charge in [-0.2, -0.15) is 0 Å². The lowest BCUT2D eigenvalue weighted by atomic mass is 9.78. The van der Waals surface area contributed by atoms with E-state index in [4.69, 9.17) is 4.74 Å². The quantitative estimate of drug-likeness (QED) is 0.872. The van der Waals surface area contributed by atoms with Crippen LogP contribution in [0.15, 0.2) is 0 Å². The lowest BCUT2D eigenvalue weighted by Gasteiger charge is -2.37. The molecule has 1 N–H and O–H groups in total. The Labute approximate surface area is 133 Å². The average Bonchev–Trinajstić information content (AvgIpc) is 2.52. The fraction of sp³-hybridized carbons (Fsp3) is 0.882. The molecule has 0 aromatic carbocycles. The molecule has 1 aliphatic carbocycles. The highest BCUT2D eigenvalue weighted by molar-refractivity contribution is 5.80. The molecule has 126 valence electrons. The van der Waals surface area contributed by atoms with Crippen LogP contribution in [0.2, 0.25) is 0 Å². The van der Waals surface area contributed by atoms with E-state index in [1.807, 2.05) is 0 Å². The molecule has 4 unspecified atom stereocenters. The molecule has 2 aliphatic rings. The molecule has 2 rings (SSSR count). The summed E-state index contributed by atoms with van der Waals surface area (Å²) in [5.41, 5.74) is 0. The van der Waals surface area contributed by atoms with Crippen LogP contribution in [0, 0.1) is 17.8 Å².